The highest BCUT2D eigenvalue weighted by Crippen LogP contribution is 2.14. The lowest BCUT2D eigenvalue weighted by Crippen LogP contribution is -2.52. The molecular weight excluding hydrogens is 192 g/mol. The number of piperidine rings is 2. The van der Waals surface area contributed by atoms with Crippen LogP contribution in [0.3, 0.4) is 0 Å². The van der Waals surface area contributed by atoms with Crippen LogP contribution >= 0.6 is 0 Å². The maximum atomic E-state index is 12.1. The summed E-state index contributed by atoms with van der Waals surface area (Å²) in [6, 6.07) is 0.00375. The van der Waals surface area contributed by atoms with Gasteiger partial charge in [-0.3, -0.25) is 4.79 Å². The molecule has 0 aromatic rings. The van der Waals surface area contributed by atoms with Crippen molar-refractivity contribution in [3.05, 3.63) is 0 Å². The number of nitrogens with zero attached hydrogens (tertiary/aromatic N) is 1. The van der Waals surface area contributed by atoms with Gasteiger partial charge in [0.05, 0.1) is 12.1 Å². The molecule has 86 valence electrons. The van der Waals surface area contributed by atoms with E-state index in [1.54, 1.807) is 0 Å². The lowest BCUT2D eigenvalue weighted by atomic mass is 10.0. The summed E-state index contributed by atoms with van der Waals surface area (Å²) in [4.78, 5) is 13.9. The molecule has 15 heavy (non-hydrogen) atoms. The van der Waals surface area contributed by atoms with Crippen LogP contribution in [0.4, 0.5) is 0 Å². The lowest BCUT2D eigenvalue weighted by molar-refractivity contribution is -0.137. The van der Waals surface area contributed by atoms with Crippen LogP contribution < -0.4 is 5.32 Å². The number of β-amino-alcohol motifs (C(OH)–C–C–N with tert-alkyl or cyclic N) is 1. The van der Waals surface area contributed by atoms with Gasteiger partial charge in [-0.05, 0) is 32.2 Å². The third kappa shape index (κ3) is 2.69. The zero-order chi connectivity index (χ0) is 10.7. The summed E-state index contributed by atoms with van der Waals surface area (Å²) in [5.41, 5.74) is 0. The van der Waals surface area contributed by atoms with Gasteiger partial charge in [-0.25, -0.2) is 0 Å². The van der Waals surface area contributed by atoms with Gasteiger partial charge in [0, 0.05) is 13.1 Å². The Labute approximate surface area is 90.6 Å². The minimum absolute atomic E-state index is 0.00375. The van der Waals surface area contributed by atoms with Gasteiger partial charge in [0.2, 0.25) is 5.91 Å². The molecule has 0 bridgehead atoms. The van der Waals surface area contributed by atoms with Crippen LogP contribution in [0.25, 0.3) is 0 Å². The van der Waals surface area contributed by atoms with Gasteiger partial charge < -0.3 is 15.3 Å². The summed E-state index contributed by atoms with van der Waals surface area (Å²) in [5.74, 6) is 0.188. The van der Waals surface area contributed by atoms with E-state index in [-0.39, 0.29) is 18.1 Å². The first-order valence-electron chi connectivity index (χ1n) is 5.97. The van der Waals surface area contributed by atoms with Crippen LogP contribution in [-0.4, -0.2) is 47.7 Å². The number of aliphatic hydroxyl groups is 1. The van der Waals surface area contributed by atoms with Crippen LogP contribution in [0.2, 0.25) is 0 Å². The van der Waals surface area contributed by atoms with E-state index >= 15 is 0 Å². The molecule has 0 saturated carbocycles. The predicted molar refractivity (Wildman–Crippen MR) is 57.5 cm³/mol. The molecule has 0 radical (unpaired) electrons. The number of rotatable bonds is 1. The Hall–Kier alpha value is -0.610. The fraction of sp³-hybridized carbons (Fsp3) is 0.909. The molecule has 0 aromatic carbocycles. The van der Waals surface area contributed by atoms with Gasteiger partial charge in [-0.1, -0.05) is 6.42 Å². The van der Waals surface area contributed by atoms with Gasteiger partial charge in [-0.2, -0.15) is 0 Å². The van der Waals surface area contributed by atoms with Gasteiger partial charge in [0.15, 0.2) is 0 Å². The van der Waals surface area contributed by atoms with Crippen molar-refractivity contribution >= 4 is 5.91 Å². The van der Waals surface area contributed by atoms with Gasteiger partial charge >= 0.3 is 0 Å². The van der Waals surface area contributed by atoms with Crippen LogP contribution in [0.5, 0.6) is 0 Å². The molecule has 1 amide bonds. The van der Waals surface area contributed by atoms with Crippen LogP contribution in [0, 0.1) is 0 Å². The Bertz CT molecular complexity index is 227. The second-order valence-electron chi connectivity index (χ2n) is 4.58. The maximum absolute atomic E-state index is 12.1. The average molecular weight is 212 g/mol. The summed E-state index contributed by atoms with van der Waals surface area (Å²) in [6.45, 7) is 2.29. The number of likely N-dealkylation sites (tertiary alicyclic amines) is 1. The average Bonchev–Trinajstić information content (AvgIpc) is 2.29. The van der Waals surface area contributed by atoms with E-state index in [9.17, 15) is 9.90 Å². The topological polar surface area (TPSA) is 52.6 Å². The normalized spacial score (nSPS) is 32.7. The van der Waals surface area contributed by atoms with Crippen molar-refractivity contribution in [2.75, 3.05) is 19.6 Å². The molecular formula is C11H20N2O2. The van der Waals surface area contributed by atoms with Gasteiger partial charge in [-0.15, -0.1) is 0 Å². The molecule has 2 heterocycles. The van der Waals surface area contributed by atoms with E-state index in [1.165, 1.54) is 6.42 Å². The highest BCUT2D eigenvalue weighted by atomic mass is 16.3. The van der Waals surface area contributed by atoms with E-state index in [4.69, 9.17) is 0 Å². The second kappa shape index (κ2) is 4.94. The number of hydrogen-bond donors (Lipinski definition) is 2. The standard InChI is InChI=1S/C11H20N2O2/c14-9-4-3-7-13(8-9)11(15)10-5-1-2-6-12-10/h9-10,12,14H,1-8H2/t9-,10?/m0/s1. The first-order chi connectivity index (χ1) is 7.27. The van der Waals surface area contributed by atoms with Gasteiger partial charge in [0.1, 0.15) is 0 Å². The van der Waals surface area contributed by atoms with Crippen molar-refractivity contribution < 1.29 is 9.90 Å². The molecule has 2 saturated heterocycles. The SMILES string of the molecule is O=C(C1CCCCN1)N1CCC[C@H](O)C1. The molecule has 4 heteroatoms. The van der Waals surface area contributed by atoms with Crippen LogP contribution in [0.1, 0.15) is 32.1 Å². The molecule has 2 N–H and O–H groups in total. The third-order valence-electron chi connectivity index (χ3n) is 3.32. The van der Waals surface area contributed by atoms with Gasteiger partial charge in [0.25, 0.3) is 0 Å². The predicted octanol–water partition coefficient (Wildman–Crippen LogP) is 0.112. The Morgan fingerprint density at radius 2 is 2.13 bits per heavy atom. The van der Waals surface area contributed by atoms with Crippen molar-refractivity contribution in [2.24, 2.45) is 0 Å². The van der Waals surface area contributed by atoms with Crippen molar-refractivity contribution in [1.82, 2.24) is 10.2 Å². The summed E-state index contributed by atoms with van der Waals surface area (Å²) in [7, 11) is 0. The number of hydrogen-bond acceptors (Lipinski definition) is 3. The Kier molecular flexibility index (Phi) is 3.59. The smallest absolute Gasteiger partial charge is 0.239 e. The highest BCUT2D eigenvalue weighted by molar-refractivity contribution is 5.82. The largest absolute Gasteiger partial charge is 0.391 e. The molecule has 0 aliphatic carbocycles. The fourth-order valence-electron chi connectivity index (χ4n) is 2.44. The minimum atomic E-state index is -0.314. The summed E-state index contributed by atoms with van der Waals surface area (Å²) in [5, 5.41) is 12.8. The lowest BCUT2D eigenvalue weighted by Gasteiger charge is -2.34. The monoisotopic (exact) mass is 212 g/mol. The molecule has 0 spiro atoms. The first kappa shape index (κ1) is 10.9. The number of carbonyl (C=O) groups excluding carboxylic acids is 1. The summed E-state index contributed by atoms with van der Waals surface area (Å²) in [6.07, 6.45) is 4.71. The van der Waals surface area contributed by atoms with Crippen molar-refractivity contribution in [1.29, 1.82) is 0 Å². The Morgan fingerprint density at radius 1 is 1.27 bits per heavy atom. The molecule has 4 nitrogen and oxygen atoms in total. The molecule has 1 unspecified atom stereocenters. The summed E-state index contributed by atoms with van der Waals surface area (Å²) >= 11 is 0. The Balaban J connectivity index is 1.88. The quantitative estimate of drug-likeness (QED) is 0.649. The Morgan fingerprint density at radius 3 is 2.80 bits per heavy atom. The first-order valence-corrected chi connectivity index (χ1v) is 5.97. The highest BCUT2D eigenvalue weighted by Gasteiger charge is 2.28. The molecule has 2 aliphatic heterocycles. The zero-order valence-electron chi connectivity index (χ0n) is 9.11. The zero-order valence-corrected chi connectivity index (χ0v) is 9.11. The molecule has 0 aromatic heterocycles. The third-order valence-corrected chi connectivity index (χ3v) is 3.32. The molecule has 2 aliphatic rings. The van der Waals surface area contributed by atoms with E-state index in [2.05, 4.69) is 5.32 Å². The molecule has 2 rings (SSSR count). The fourth-order valence-corrected chi connectivity index (χ4v) is 2.44. The number of aliphatic hydroxyl groups excluding tert-OH is 1. The van der Waals surface area contributed by atoms with Crippen molar-refractivity contribution in [3.63, 3.8) is 0 Å². The van der Waals surface area contributed by atoms with E-state index in [0.717, 1.165) is 38.8 Å². The second-order valence-corrected chi connectivity index (χ2v) is 4.58. The molecule has 2 fully saturated rings. The van der Waals surface area contributed by atoms with E-state index in [1.807, 2.05) is 4.90 Å². The van der Waals surface area contributed by atoms with E-state index in [0.29, 0.717) is 6.54 Å². The molecule has 2 atom stereocenters. The summed E-state index contributed by atoms with van der Waals surface area (Å²) < 4.78 is 0. The number of nitrogens with one attached hydrogen (secondary N) is 1. The van der Waals surface area contributed by atoms with Crippen molar-refractivity contribution in [3.8, 4) is 0 Å². The number of carbonyl (C=O) groups is 1. The maximum Gasteiger partial charge on any atom is 0.239 e. The van der Waals surface area contributed by atoms with Crippen LogP contribution in [0.15, 0.2) is 0 Å². The number of amides is 1. The van der Waals surface area contributed by atoms with Crippen LogP contribution in [-0.2, 0) is 4.79 Å². The van der Waals surface area contributed by atoms with E-state index < -0.39 is 0 Å². The minimum Gasteiger partial charge on any atom is -0.391 e. The van der Waals surface area contributed by atoms with Crippen molar-refractivity contribution in [2.45, 2.75) is 44.2 Å².